The van der Waals surface area contributed by atoms with Crippen LogP contribution in [0, 0.1) is 34.5 Å². The van der Waals surface area contributed by atoms with Gasteiger partial charge in [-0.1, -0.05) is 68.8 Å². The zero-order valence-electron chi connectivity index (χ0n) is 26.9. The van der Waals surface area contributed by atoms with Crippen LogP contribution in [0.25, 0.3) is 0 Å². The highest BCUT2D eigenvalue weighted by molar-refractivity contribution is 5.96. The fraction of sp³-hybridized carbons (Fsp3) is 0.730. The first kappa shape index (κ1) is 30.8. The van der Waals surface area contributed by atoms with Crippen LogP contribution in [0.4, 0.5) is 0 Å². The van der Waals surface area contributed by atoms with Gasteiger partial charge in [-0.25, -0.2) is 0 Å². The van der Waals surface area contributed by atoms with Gasteiger partial charge >= 0.3 is 0 Å². The van der Waals surface area contributed by atoms with Crippen molar-refractivity contribution in [2.24, 2.45) is 39.7 Å². The molecule has 3 saturated carbocycles. The van der Waals surface area contributed by atoms with Crippen molar-refractivity contribution in [3.05, 3.63) is 47.5 Å². The van der Waals surface area contributed by atoms with Gasteiger partial charge in [0, 0.05) is 18.6 Å². The molecule has 0 aromatic heterocycles. The topological polar surface area (TPSA) is 80.2 Å². The summed E-state index contributed by atoms with van der Waals surface area (Å²) in [5.74, 6) is 2.46. The molecule has 236 valence electrons. The van der Waals surface area contributed by atoms with E-state index < -0.39 is 0 Å². The van der Waals surface area contributed by atoms with Gasteiger partial charge in [0.15, 0.2) is 6.61 Å². The number of benzene rings is 1. The molecule has 6 heteroatoms. The smallest absolute Gasteiger partial charge is 0.260 e. The lowest BCUT2D eigenvalue weighted by atomic mass is 9.47. The van der Waals surface area contributed by atoms with Crippen molar-refractivity contribution in [3.63, 3.8) is 0 Å². The summed E-state index contributed by atoms with van der Waals surface area (Å²) in [6.07, 6.45) is 14.1. The number of nitrogens with zero attached hydrogens (tertiary/aromatic N) is 1. The van der Waals surface area contributed by atoms with Gasteiger partial charge in [0.1, 0.15) is 0 Å². The number of fused-ring (bicyclic) bond motifs is 5. The minimum absolute atomic E-state index is 0.0112. The highest BCUT2D eigenvalue weighted by Crippen LogP contribution is 2.65. The Morgan fingerprint density at radius 2 is 1.88 bits per heavy atom. The zero-order valence-corrected chi connectivity index (χ0v) is 26.9. The summed E-state index contributed by atoms with van der Waals surface area (Å²) >= 11 is 0. The van der Waals surface area contributed by atoms with E-state index in [-0.39, 0.29) is 41.0 Å². The standard InChI is InChI=1S/C37H54N2O4/c1-25(2)32-23-37(19-21-42-32,26-8-6-5-7-9-26)18-20-38-34(41)24-43-39-28-14-16-35(3)27(22-28)10-11-29-30-12-13-33(40)36(30,4)17-15-31(29)35/h5-9,22,25,29-33,40H,10-21,23-24H2,1-4H3,(H,38,41)/t29-,30+,31-,32-,33-,35+,36+,37-/m0/s1. The molecule has 4 fully saturated rings. The molecule has 0 bridgehead atoms. The summed E-state index contributed by atoms with van der Waals surface area (Å²) < 4.78 is 6.11. The Hall–Kier alpha value is -2.18. The highest BCUT2D eigenvalue weighted by Gasteiger charge is 2.58. The first-order valence-electron chi connectivity index (χ1n) is 17.2. The number of rotatable bonds is 8. The lowest BCUT2D eigenvalue weighted by Crippen LogP contribution is -2.51. The molecule has 43 heavy (non-hydrogen) atoms. The first-order chi connectivity index (χ1) is 20.6. The number of amides is 1. The zero-order chi connectivity index (χ0) is 30.2. The van der Waals surface area contributed by atoms with Crippen molar-refractivity contribution in [3.8, 4) is 0 Å². The summed E-state index contributed by atoms with van der Waals surface area (Å²) in [6, 6.07) is 10.7. The molecular weight excluding hydrogens is 536 g/mol. The van der Waals surface area contributed by atoms with Crippen LogP contribution in [0.5, 0.6) is 0 Å². The first-order valence-corrected chi connectivity index (χ1v) is 17.2. The Labute approximate surface area is 259 Å². The third-order valence-corrected chi connectivity index (χ3v) is 12.9. The van der Waals surface area contributed by atoms with Crippen molar-refractivity contribution in [1.82, 2.24) is 5.32 Å². The van der Waals surface area contributed by atoms with E-state index in [1.54, 1.807) is 0 Å². The normalized spacial score (nSPS) is 39.9. The van der Waals surface area contributed by atoms with E-state index in [1.165, 1.54) is 30.4 Å². The van der Waals surface area contributed by atoms with E-state index in [9.17, 15) is 9.90 Å². The molecule has 1 amide bonds. The number of ether oxygens (including phenoxy) is 1. The van der Waals surface area contributed by atoms with Crippen molar-refractivity contribution < 1.29 is 19.5 Å². The number of carbonyl (C=O) groups excluding carboxylic acids is 1. The lowest BCUT2D eigenvalue weighted by Gasteiger charge is -2.57. The predicted octanol–water partition coefficient (Wildman–Crippen LogP) is 6.96. The van der Waals surface area contributed by atoms with Crippen LogP contribution in [0.2, 0.25) is 0 Å². The van der Waals surface area contributed by atoms with E-state index in [0.29, 0.717) is 24.3 Å². The molecular formula is C37H54N2O4. The minimum Gasteiger partial charge on any atom is -0.393 e. The number of oxime groups is 1. The quantitative estimate of drug-likeness (QED) is 0.321. The second kappa shape index (κ2) is 12.3. The number of carbonyl (C=O) groups is 1. The molecule has 1 saturated heterocycles. The number of hydrogen-bond donors (Lipinski definition) is 2. The molecule has 8 atom stereocenters. The van der Waals surface area contributed by atoms with Gasteiger partial charge in [-0.15, -0.1) is 0 Å². The van der Waals surface area contributed by atoms with Gasteiger partial charge in [-0.2, -0.15) is 0 Å². The average molecular weight is 591 g/mol. The molecule has 5 aliphatic rings. The van der Waals surface area contributed by atoms with Crippen LogP contribution in [-0.2, 0) is 19.8 Å². The maximum absolute atomic E-state index is 12.8. The third kappa shape index (κ3) is 5.83. The van der Waals surface area contributed by atoms with E-state index in [2.05, 4.69) is 74.6 Å². The maximum atomic E-state index is 12.8. The Bertz CT molecular complexity index is 1210. The molecule has 1 aliphatic heterocycles. The Morgan fingerprint density at radius 3 is 2.67 bits per heavy atom. The van der Waals surface area contributed by atoms with Gasteiger partial charge in [0.05, 0.1) is 17.9 Å². The lowest BCUT2D eigenvalue weighted by molar-refractivity contribution is -0.125. The molecule has 6 nitrogen and oxygen atoms in total. The van der Waals surface area contributed by atoms with Gasteiger partial charge in [-0.05, 0) is 117 Å². The fourth-order valence-electron chi connectivity index (χ4n) is 10.1. The molecule has 0 unspecified atom stereocenters. The van der Waals surface area contributed by atoms with E-state index in [0.717, 1.165) is 69.6 Å². The second-order valence-corrected chi connectivity index (χ2v) is 15.3. The SMILES string of the molecule is CC(C)[C@@H]1C[C@@](CCNC(=O)CON=C2C=C3CC[C@H]4[C@H]5CC[C@H](O)[C@]5(C)CC[C@@H]4[C@]3(C)CC2)(c2ccccc2)CCO1. The summed E-state index contributed by atoms with van der Waals surface area (Å²) in [5.41, 5.74) is 4.20. The number of aliphatic hydroxyl groups is 1. The van der Waals surface area contributed by atoms with Gasteiger partial charge in [0.2, 0.25) is 0 Å². The van der Waals surface area contributed by atoms with Crippen LogP contribution < -0.4 is 5.32 Å². The van der Waals surface area contributed by atoms with Gasteiger partial charge in [-0.3, -0.25) is 4.79 Å². The van der Waals surface area contributed by atoms with Crippen LogP contribution in [0.15, 0.2) is 47.1 Å². The summed E-state index contributed by atoms with van der Waals surface area (Å²) in [6.45, 7) is 10.6. The number of hydrogen-bond acceptors (Lipinski definition) is 5. The third-order valence-electron chi connectivity index (χ3n) is 12.9. The predicted molar refractivity (Wildman–Crippen MR) is 171 cm³/mol. The molecule has 1 aromatic carbocycles. The molecule has 0 spiro atoms. The van der Waals surface area contributed by atoms with Gasteiger partial charge in [0.25, 0.3) is 5.91 Å². The Morgan fingerprint density at radius 1 is 1.07 bits per heavy atom. The second-order valence-electron chi connectivity index (χ2n) is 15.3. The van der Waals surface area contributed by atoms with Crippen molar-refractivity contribution in [1.29, 1.82) is 0 Å². The largest absolute Gasteiger partial charge is 0.393 e. The molecule has 4 aliphatic carbocycles. The van der Waals surface area contributed by atoms with Crippen LogP contribution in [-0.4, -0.2) is 48.7 Å². The van der Waals surface area contributed by atoms with Crippen molar-refractivity contribution in [2.75, 3.05) is 19.8 Å². The van der Waals surface area contributed by atoms with E-state index in [1.807, 2.05) is 0 Å². The number of nitrogens with one attached hydrogen (secondary N) is 1. The number of allylic oxidation sites excluding steroid dienone is 2. The van der Waals surface area contributed by atoms with Crippen molar-refractivity contribution >= 4 is 11.6 Å². The summed E-state index contributed by atoms with van der Waals surface area (Å²) in [4.78, 5) is 18.4. The van der Waals surface area contributed by atoms with Crippen LogP contribution >= 0.6 is 0 Å². The average Bonchev–Trinajstić information content (AvgIpc) is 3.31. The van der Waals surface area contributed by atoms with Crippen molar-refractivity contribution in [2.45, 2.75) is 116 Å². The number of aliphatic hydroxyl groups excluding tert-OH is 1. The maximum Gasteiger partial charge on any atom is 0.260 e. The van der Waals surface area contributed by atoms with Crippen LogP contribution in [0.3, 0.4) is 0 Å². The molecule has 0 radical (unpaired) electrons. The summed E-state index contributed by atoms with van der Waals surface area (Å²) in [7, 11) is 0. The Balaban J connectivity index is 1.02. The van der Waals surface area contributed by atoms with Crippen LogP contribution in [0.1, 0.15) is 104 Å². The highest BCUT2D eigenvalue weighted by atomic mass is 16.6. The van der Waals surface area contributed by atoms with E-state index >= 15 is 0 Å². The molecule has 1 heterocycles. The van der Waals surface area contributed by atoms with E-state index in [4.69, 9.17) is 9.57 Å². The molecule has 2 N–H and O–H groups in total. The molecule has 1 aromatic rings. The monoisotopic (exact) mass is 590 g/mol. The van der Waals surface area contributed by atoms with Gasteiger partial charge < -0.3 is 20.0 Å². The summed E-state index contributed by atoms with van der Waals surface area (Å²) in [5, 5.41) is 18.3. The Kier molecular flexibility index (Phi) is 8.83. The minimum atomic E-state index is -0.119. The molecule has 6 rings (SSSR count). The fourth-order valence-corrected chi connectivity index (χ4v) is 10.1.